The predicted octanol–water partition coefficient (Wildman–Crippen LogP) is 2.06. The van der Waals surface area contributed by atoms with E-state index in [1.807, 2.05) is 27.8 Å². The Morgan fingerprint density at radius 3 is 2.52 bits per heavy atom. The second-order valence-corrected chi connectivity index (χ2v) is 7.39. The second-order valence-electron chi connectivity index (χ2n) is 7.39. The molecule has 2 N–H and O–H groups in total. The number of carbonyl (C=O) groups is 1. The van der Waals surface area contributed by atoms with Crippen molar-refractivity contribution in [2.75, 3.05) is 13.7 Å². The molecule has 1 fully saturated rings. The highest BCUT2D eigenvalue weighted by atomic mass is 16.5. The molecule has 130 valence electrons. The first-order valence-electron chi connectivity index (χ1n) is 8.26. The Bertz CT molecular complexity index is 516. The van der Waals surface area contributed by atoms with Crippen LogP contribution < -0.4 is 5.32 Å². The minimum Gasteiger partial charge on any atom is -0.396 e. The van der Waals surface area contributed by atoms with Gasteiger partial charge in [-0.1, -0.05) is 25.9 Å². The summed E-state index contributed by atoms with van der Waals surface area (Å²) in [4.78, 5) is 18.3. The van der Waals surface area contributed by atoms with Gasteiger partial charge in [-0.15, -0.1) is 0 Å². The lowest BCUT2D eigenvalue weighted by molar-refractivity contribution is 0.134. The van der Waals surface area contributed by atoms with Gasteiger partial charge in [0.1, 0.15) is 0 Å². The normalized spacial score (nSPS) is 22.0. The zero-order valence-corrected chi connectivity index (χ0v) is 14.5. The van der Waals surface area contributed by atoms with Crippen LogP contribution in [0.3, 0.4) is 0 Å². The number of urea groups is 1. The first kappa shape index (κ1) is 17.7. The fourth-order valence-corrected chi connectivity index (χ4v) is 2.79. The van der Waals surface area contributed by atoms with Gasteiger partial charge in [0, 0.05) is 25.1 Å². The van der Waals surface area contributed by atoms with Crippen LogP contribution in [0.2, 0.25) is 0 Å². The molecule has 1 aliphatic rings. The number of aromatic nitrogens is 2. The lowest BCUT2D eigenvalue weighted by atomic mass is 9.86. The number of nitrogens with zero attached hydrogens (tertiary/aromatic N) is 3. The van der Waals surface area contributed by atoms with E-state index >= 15 is 0 Å². The van der Waals surface area contributed by atoms with Crippen LogP contribution in [0, 0.1) is 5.92 Å². The van der Waals surface area contributed by atoms with Crippen LogP contribution in [0.25, 0.3) is 0 Å². The SMILES string of the molecule is CN(C(=O)NCc1noc(C(C)(C)C)n1)C1CCC(CO)CC1. The van der Waals surface area contributed by atoms with E-state index in [9.17, 15) is 9.90 Å². The Labute approximate surface area is 137 Å². The summed E-state index contributed by atoms with van der Waals surface area (Å²) in [5.41, 5.74) is -0.197. The van der Waals surface area contributed by atoms with E-state index in [0.717, 1.165) is 25.7 Å². The number of carbonyl (C=O) groups excluding carboxylic acids is 1. The fourth-order valence-electron chi connectivity index (χ4n) is 2.79. The molecule has 0 aliphatic heterocycles. The van der Waals surface area contributed by atoms with Crippen molar-refractivity contribution in [3.8, 4) is 0 Å². The standard InChI is InChI=1S/C16H28N4O3/c1-16(2,3)14-18-13(19-23-14)9-17-15(22)20(4)12-7-5-11(10-21)6-8-12/h11-12,21H,5-10H2,1-4H3,(H,17,22). The Morgan fingerprint density at radius 1 is 1.35 bits per heavy atom. The first-order valence-corrected chi connectivity index (χ1v) is 8.26. The summed E-state index contributed by atoms with van der Waals surface area (Å²) in [5.74, 6) is 1.44. The molecule has 7 nitrogen and oxygen atoms in total. The van der Waals surface area contributed by atoms with Gasteiger partial charge in [0.05, 0.1) is 6.54 Å². The van der Waals surface area contributed by atoms with Crippen molar-refractivity contribution in [2.45, 2.75) is 64.5 Å². The molecule has 1 aromatic heterocycles. The van der Waals surface area contributed by atoms with E-state index in [1.165, 1.54) is 0 Å². The average Bonchev–Trinajstić information content (AvgIpc) is 3.01. The first-order chi connectivity index (χ1) is 10.8. The molecule has 0 bridgehead atoms. The average molecular weight is 324 g/mol. The Kier molecular flexibility index (Phi) is 5.62. The second kappa shape index (κ2) is 7.29. The molecule has 1 aromatic rings. The van der Waals surface area contributed by atoms with Gasteiger partial charge in [0.15, 0.2) is 5.82 Å². The minimum atomic E-state index is -0.197. The highest BCUT2D eigenvalue weighted by Crippen LogP contribution is 2.26. The van der Waals surface area contributed by atoms with E-state index in [-0.39, 0.29) is 30.6 Å². The lowest BCUT2D eigenvalue weighted by Gasteiger charge is -2.34. The van der Waals surface area contributed by atoms with Gasteiger partial charge >= 0.3 is 6.03 Å². The highest BCUT2D eigenvalue weighted by molar-refractivity contribution is 5.74. The molecule has 1 saturated carbocycles. The van der Waals surface area contributed by atoms with Crippen molar-refractivity contribution in [1.82, 2.24) is 20.4 Å². The monoisotopic (exact) mass is 324 g/mol. The van der Waals surface area contributed by atoms with Crippen LogP contribution in [-0.2, 0) is 12.0 Å². The number of hydrogen-bond acceptors (Lipinski definition) is 5. The van der Waals surface area contributed by atoms with E-state index in [4.69, 9.17) is 4.52 Å². The molecule has 0 atom stereocenters. The van der Waals surface area contributed by atoms with Gasteiger partial charge in [-0.3, -0.25) is 0 Å². The summed E-state index contributed by atoms with van der Waals surface area (Å²) in [6.07, 6.45) is 3.81. The van der Waals surface area contributed by atoms with Crippen LogP contribution in [0.4, 0.5) is 4.79 Å². The molecular formula is C16H28N4O3. The Balaban J connectivity index is 1.81. The van der Waals surface area contributed by atoms with Gasteiger partial charge in [0.2, 0.25) is 5.89 Å². The third kappa shape index (κ3) is 4.67. The molecule has 0 spiro atoms. The number of rotatable bonds is 4. The van der Waals surface area contributed by atoms with E-state index < -0.39 is 0 Å². The predicted molar refractivity (Wildman–Crippen MR) is 85.8 cm³/mol. The van der Waals surface area contributed by atoms with Gasteiger partial charge in [0.25, 0.3) is 0 Å². The van der Waals surface area contributed by atoms with E-state index in [2.05, 4.69) is 15.5 Å². The van der Waals surface area contributed by atoms with Crippen LogP contribution >= 0.6 is 0 Å². The van der Waals surface area contributed by atoms with Gasteiger partial charge in [-0.25, -0.2) is 4.79 Å². The maximum atomic E-state index is 12.2. The van der Waals surface area contributed by atoms with Crippen molar-refractivity contribution in [3.05, 3.63) is 11.7 Å². The van der Waals surface area contributed by atoms with E-state index in [1.54, 1.807) is 4.90 Å². The summed E-state index contributed by atoms with van der Waals surface area (Å²) < 4.78 is 5.21. The summed E-state index contributed by atoms with van der Waals surface area (Å²) >= 11 is 0. The van der Waals surface area contributed by atoms with Gasteiger partial charge in [-0.2, -0.15) is 4.98 Å². The van der Waals surface area contributed by atoms with Crippen molar-refractivity contribution < 1.29 is 14.4 Å². The Hall–Kier alpha value is -1.63. The lowest BCUT2D eigenvalue weighted by Crippen LogP contribution is -2.45. The van der Waals surface area contributed by atoms with Crippen LogP contribution in [0.1, 0.15) is 58.2 Å². The number of hydrogen-bond donors (Lipinski definition) is 2. The van der Waals surface area contributed by atoms with Crippen LogP contribution in [0.15, 0.2) is 4.52 Å². The summed E-state index contributed by atoms with van der Waals surface area (Å²) in [6.45, 7) is 6.50. The number of aliphatic hydroxyl groups is 1. The quantitative estimate of drug-likeness (QED) is 0.884. The summed E-state index contributed by atoms with van der Waals surface area (Å²) in [7, 11) is 1.82. The smallest absolute Gasteiger partial charge is 0.317 e. The number of aliphatic hydroxyl groups excluding tert-OH is 1. The molecule has 2 amide bonds. The van der Waals surface area contributed by atoms with Gasteiger partial charge in [-0.05, 0) is 31.6 Å². The topological polar surface area (TPSA) is 91.5 Å². The molecule has 0 saturated heterocycles. The molecular weight excluding hydrogens is 296 g/mol. The van der Waals surface area contributed by atoms with Crippen molar-refractivity contribution in [3.63, 3.8) is 0 Å². The van der Waals surface area contributed by atoms with Crippen LogP contribution in [0.5, 0.6) is 0 Å². The molecule has 2 rings (SSSR count). The minimum absolute atomic E-state index is 0.125. The van der Waals surface area contributed by atoms with Crippen LogP contribution in [-0.4, -0.2) is 45.9 Å². The number of nitrogens with one attached hydrogen (secondary N) is 1. The zero-order valence-electron chi connectivity index (χ0n) is 14.5. The maximum Gasteiger partial charge on any atom is 0.317 e. The Morgan fingerprint density at radius 2 is 2.00 bits per heavy atom. The molecule has 0 unspecified atom stereocenters. The van der Waals surface area contributed by atoms with Gasteiger partial charge < -0.3 is 19.8 Å². The fraction of sp³-hybridized carbons (Fsp3) is 0.812. The molecule has 0 aromatic carbocycles. The third-order valence-electron chi connectivity index (χ3n) is 4.45. The van der Waals surface area contributed by atoms with E-state index in [0.29, 0.717) is 17.6 Å². The number of amides is 2. The maximum absolute atomic E-state index is 12.2. The molecule has 1 heterocycles. The largest absolute Gasteiger partial charge is 0.396 e. The molecule has 23 heavy (non-hydrogen) atoms. The molecule has 0 radical (unpaired) electrons. The zero-order chi connectivity index (χ0) is 17.0. The third-order valence-corrected chi connectivity index (χ3v) is 4.45. The summed E-state index contributed by atoms with van der Waals surface area (Å²) in [5, 5.41) is 15.9. The van der Waals surface area contributed by atoms with Crippen molar-refractivity contribution in [1.29, 1.82) is 0 Å². The van der Waals surface area contributed by atoms with Crippen molar-refractivity contribution >= 4 is 6.03 Å². The van der Waals surface area contributed by atoms with Crippen molar-refractivity contribution in [2.24, 2.45) is 5.92 Å². The molecule has 1 aliphatic carbocycles. The summed E-state index contributed by atoms with van der Waals surface area (Å²) in [6, 6.07) is 0.104. The highest BCUT2D eigenvalue weighted by Gasteiger charge is 2.26. The molecule has 7 heteroatoms.